The Bertz CT molecular complexity index is 612. The molecule has 0 radical (unpaired) electrons. The summed E-state index contributed by atoms with van der Waals surface area (Å²) in [5.41, 5.74) is 1.45. The highest BCUT2D eigenvalue weighted by Gasteiger charge is 2.05. The molecular formula is C13H12N2O4. The molecule has 0 aliphatic carbocycles. The number of aliphatic carboxylic acids is 1. The van der Waals surface area contributed by atoms with Crippen LogP contribution in [-0.4, -0.2) is 35.2 Å². The van der Waals surface area contributed by atoms with E-state index in [-0.39, 0.29) is 6.61 Å². The molecule has 19 heavy (non-hydrogen) atoms. The lowest BCUT2D eigenvalue weighted by atomic mass is 10.2. The molecular weight excluding hydrogens is 248 g/mol. The molecule has 98 valence electrons. The molecule has 1 aromatic carbocycles. The molecule has 1 heterocycles. The van der Waals surface area contributed by atoms with E-state index < -0.39 is 18.5 Å². The number of anilines is 1. The van der Waals surface area contributed by atoms with E-state index in [9.17, 15) is 9.59 Å². The number of hydrogen-bond acceptors (Lipinski definition) is 4. The second-order valence-corrected chi connectivity index (χ2v) is 3.85. The van der Waals surface area contributed by atoms with E-state index >= 15 is 0 Å². The van der Waals surface area contributed by atoms with Gasteiger partial charge in [-0.2, -0.15) is 0 Å². The van der Waals surface area contributed by atoms with Crippen molar-refractivity contribution in [2.75, 3.05) is 18.5 Å². The van der Waals surface area contributed by atoms with Gasteiger partial charge in [-0.25, -0.2) is 4.79 Å². The van der Waals surface area contributed by atoms with Gasteiger partial charge in [-0.15, -0.1) is 0 Å². The Hall–Kier alpha value is -2.47. The number of rotatable bonds is 5. The summed E-state index contributed by atoms with van der Waals surface area (Å²) in [7, 11) is 0. The van der Waals surface area contributed by atoms with Crippen LogP contribution in [0.25, 0.3) is 10.9 Å². The van der Waals surface area contributed by atoms with Crippen molar-refractivity contribution in [3.05, 3.63) is 36.5 Å². The average Bonchev–Trinajstić information content (AvgIpc) is 2.38. The van der Waals surface area contributed by atoms with Gasteiger partial charge >= 0.3 is 5.97 Å². The molecule has 2 N–H and O–H groups in total. The summed E-state index contributed by atoms with van der Waals surface area (Å²) in [5.74, 6) is -1.51. The molecule has 0 saturated carbocycles. The van der Waals surface area contributed by atoms with Crippen molar-refractivity contribution in [1.82, 2.24) is 4.98 Å². The van der Waals surface area contributed by atoms with Crippen LogP contribution in [0.15, 0.2) is 36.5 Å². The zero-order valence-corrected chi connectivity index (χ0v) is 10.00. The molecule has 0 saturated heterocycles. The van der Waals surface area contributed by atoms with Crippen molar-refractivity contribution >= 4 is 28.5 Å². The molecule has 0 aliphatic rings. The second kappa shape index (κ2) is 5.92. The number of nitrogens with zero attached hydrogens (tertiary/aromatic N) is 1. The monoisotopic (exact) mass is 260 g/mol. The van der Waals surface area contributed by atoms with E-state index in [4.69, 9.17) is 9.84 Å². The number of benzene rings is 1. The number of aromatic nitrogens is 1. The number of fused-ring (bicyclic) bond motifs is 1. The third-order valence-corrected chi connectivity index (χ3v) is 2.35. The summed E-state index contributed by atoms with van der Waals surface area (Å²) in [6.45, 7) is -0.785. The molecule has 0 bridgehead atoms. The first-order chi connectivity index (χ1) is 9.15. The number of carbonyl (C=O) groups is 2. The van der Waals surface area contributed by atoms with Crippen LogP contribution in [0.1, 0.15) is 0 Å². The van der Waals surface area contributed by atoms with Crippen LogP contribution in [0.2, 0.25) is 0 Å². The van der Waals surface area contributed by atoms with Crippen LogP contribution in [0.3, 0.4) is 0 Å². The van der Waals surface area contributed by atoms with Crippen LogP contribution < -0.4 is 5.32 Å². The van der Waals surface area contributed by atoms with Gasteiger partial charge in [0.2, 0.25) is 5.91 Å². The molecule has 0 fully saturated rings. The third kappa shape index (κ3) is 3.75. The maximum atomic E-state index is 11.5. The smallest absolute Gasteiger partial charge is 0.329 e. The number of carbonyl (C=O) groups excluding carboxylic acids is 1. The van der Waals surface area contributed by atoms with Crippen molar-refractivity contribution in [3.63, 3.8) is 0 Å². The number of carboxylic acids is 1. The van der Waals surface area contributed by atoms with Gasteiger partial charge in [0, 0.05) is 17.3 Å². The van der Waals surface area contributed by atoms with Gasteiger partial charge in [0.25, 0.3) is 0 Å². The highest BCUT2D eigenvalue weighted by atomic mass is 16.5. The molecule has 1 aromatic heterocycles. The summed E-state index contributed by atoms with van der Waals surface area (Å²) >= 11 is 0. The predicted octanol–water partition coefficient (Wildman–Crippen LogP) is 1.27. The number of nitrogens with one attached hydrogen (secondary N) is 1. The largest absolute Gasteiger partial charge is 0.480 e. The van der Waals surface area contributed by atoms with Gasteiger partial charge in [0.05, 0.1) is 5.52 Å². The maximum absolute atomic E-state index is 11.5. The standard InChI is InChI=1S/C13H12N2O4/c16-12(7-19-8-13(17)18)15-10-3-4-11-9(6-10)2-1-5-14-11/h1-6H,7-8H2,(H,15,16)(H,17,18). The Morgan fingerprint density at radius 2 is 2.11 bits per heavy atom. The highest BCUT2D eigenvalue weighted by molar-refractivity contribution is 5.94. The summed E-state index contributed by atoms with van der Waals surface area (Å²) in [6, 6.07) is 9.01. The molecule has 1 amide bonds. The average molecular weight is 260 g/mol. The minimum atomic E-state index is -1.11. The fourth-order valence-corrected chi connectivity index (χ4v) is 1.58. The van der Waals surface area contributed by atoms with Gasteiger partial charge < -0.3 is 15.2 Å². The van der Waals surface area contributed by atoms with E-state index in [2.05, 4.69) is 10.3 Å². The summed E-state index contributed by atoms with van der Waals surface area (Å²) < 4.78 is 4.69. The number of pyridine rings is 1. The molecule has 0 aliphatic heterocycles. The van der Waals surface area contributed by atoms with E-state index in [0.717, 1.165) is 10.9 Å². The minimum absolute atomic E-state index is 0.294. The molecule has 0 atom stereocenters. The first-order valence-electron chi connectivity index (χ1n) is 5.59. The van der Waals surface area contributed by atoms with Crippen molar-refractivity contribution in [3.8, 4) is 0 Å². The van der Waals surface area contributed by atoms with Crippen LogP contribution in [0.4, 0.5) is 5.69 Å². The predicted molar refractivity (Wildman–Crippen MR) is 68.8 cm³/mol. The normalized spacial score (nSPS) is 10.3. The Labute approximate surface area is 109 Å². The van der Waals surface area contributed by atoms with Crippen molar-refractivity contribution in [1.29, 1.82) is 0 Å². The summed E-state index contributed by atoms with van der Waals surface area (Å²) in [6.07, 6.45) is 1.69. The van der Waals surface area contributed by atoms with E-state index in [1.165, 1.54) is 0 Å². The topological polar surface area (TPSA) is 88.5 Å². The fraction of sp³-hybridized carbons (Fsp3) is 0.154. The van der Waals surface area contributed by atoms with Gasteiger partial charge in [0.1, 0.15) is 13.2 Å². The zero-order chi connectivity index (χ0) is 13.7. The Morgan fingerprint density at radius 1 is 1.26 bits per heavy atom. The minimum Gasteiger partial charge on any atom is -0.480 e. The number of hydrogen-bond donors (Lipinski definition) is 2. The Kier molecular flexibility index (Phi) is 4.04. The van der Waals surface area contributed by atoms with E-state index in [1.54, 1.807) is 24.4 Å². The van der Waals surface area contributed by atoms with Crippen LogP contribution in [0, 0.1) is 0 Å². The SMILES string of the molecule is O=C(O)COCC(=O)Nc1ccc2ncccc2c1. The second-order valence-electron chi connectivity index (χ2n) is 3.85. The van der Waals surface area contributed by atoms with Crippen molar-refractivity contribution in [2.24, 2.45) is 0 Å². The molecule has 6 nitrogen and oxygen atoms in total. The highest BCUT2D eigenvalue weighted by Crippen LogP contribution is 2.16. The van der Waals surface area contributed by atoms with Crippen LogP contribution in [-0.2, 0) is 14.3 Å². The lowest BCUT2D eigenvalue weighted by Crippen LogP contribution is -2.20. The fourth-order valence-electron chi connectivity index (χ4n) is 1.58. The Balaban J connectivity index is 1.97. The number of carboxylic acid groups (broad SMARTS) is 1. The van der Waals surface area contributed by atoms with Crippen molar-refractivity contribution in [2.45, 2.75) is 0 Å². The summed E-state index contributed by atoms with van der Waals surface area (Å²) in [4.78, 5) is 25.9. The molecule has 0 unspecified atom stereocenters. The first-order valence-corrected chi connectivity index (χ1v) is 5.59. The molecule has 6 heteroatoms. The van der Waals surface area contributed by atoms with E-state index in [0.29, 0.717) is 5.69 Å². The molecule has 2 rings (SSSR count). The lowest BCUT2D eigenvalue weighted by Gasteiger charge is -2.06. The van der Waals surface area contributed by atoms with Gasteiger partial charge in [-0.1, -0.05) is 6.07 Å². The summed E-state index contributed by atoms with van der Waals surface area (Å²) in [5, 5.41) is 11.9. The van der Waals surface area contributed by atoms with E-state index in [1.807, 2.05) is 12.1 Å². The number of amides is 1. The number of ether oxygens (including phenoxy) is 1. The quantitative estimate of drug-likeness (QED) is 0.845. The molecule has 2 aromatic rings. The van der Waals surface area contributed by atoms with Gasteiger partial charge in [0.15, 0.2) is 0 Å². The van der Waals surface area contributed by atoms with Crippen LogP contribution >= 0.6 is 0 Å². The van der Waals surface area contributed by atoms with Crippen LogP contribution in [0.5, 0.6) is 0 Å². The third-order valence-electron chi connectivity index (χ3n) is 2.35. The molecule has 0 spiro atoms. The van der Waals surface area contributed by atoms with Gasteiger partial charge in [-0.3, -0.25) is 9.78 Å². The first kappa shape index (κ1) is 13.0. The Morgan fingerprint density at radius 3 is 2.89 bits per heavy atom. The van der Waals surface area contributed by atoms with Gasteiger partial charge in [-0.05, 0) is 24.3 Å². The van der Waals surface area contributed by atoms with Crippen molar-refractivity contribution < 1.29 is 19.4 Å². The lowest BCUT2D eigenvalue weighted by molar-refractivity contribution is -0.143. The zero-order valence-electron chi connectivity index (χ0n) is 10.00. The maximum Gasteiger partial charge on any atom is 0.329 e.